The quantitative estimate of drug-likeness (QED) is 0.847. The minimum atomic E-state index is -1.04. The molecule has 0 aliphatic carbocycles. The predicted octanol–water partition coefficient (Wildman–Crippen LogP) is 1.49. The molecule has 3 amide bonds. The molecule has 20 heavy (non-hydrogen) atoms. The van der Waals surface area contributed by atoms with Crippen LogP contribution in [0.2, 0.25) is 0 Å². The van der Waals surface area contributed by atoms with Crippen LogP contribution in [0.5, 0.6) is 11.5 Å². The number of nitrogens with one attached hydrogen (secondary N) is 1. The summed E-state index contributed by atoms with van der Waals surface area (Å²) in [4.78, 5) is 25.2. The summed E-state index contributed by atoms with van der Waals surface area (Å²) in [6.07, 6.45) is 0.456. The third-order valence-corrected chi connectivity index (χ3v) is 3.70. The first-order chi connectivity index (χ1) is 9.50. The highest BCUT2D eigenvalue weighted by atomic mass is 16.5. The number of carbonyl (C=O) groups excluding carboxylic acids is 2. The van der Waals surface area contributed by atoms with E-state index in [0.29, 0.717) is 23.5 Å². The summed E-state index contributed by atoms with van der Waals surface area (Å²) in [5, 5.41) is 2.76. The van der Waals surface area contributed by atoms with Gasteiger partial charge in [-0.05, 0) is 24.1 Å². The third kappa shape index (κ3) is 1.88. The van der Waals surface area contributed by atoms with E-state index in [4.69, 9.17) is 9.47 Å². The number of imide groups is 1. The van der Waals surface area contributed by atoms with Gasteiger partial charge in [-0.2, -0.15) is 0 Å². The van der Waals surface area contributed by atoms with Crippen molar-refractivity contribution in [2.45, 2.75) is 18.9 Å². The Balaban J connectivity index is 2.53. The molecule has 0 bridgehead atoms. The molecule has 0 saturated carbocycles. The van der Waals surface area contributed by atoms with Crippen LogP contribution in [0.25, 0.3) is 0 Å². The molecule has 2 rings (SSSR count). The molecular formula is C14H18N2O4. The Labute approximate surface area is 117 Å². The fraction of sp³-hybridized carbons (Fsp3) is 0.429. The van der Waals surface area contributed by atoms with E-state index in [2.05, 4.69) is 5.32 Å². The lowest BCUT2D eigenvalue weighted by Crippen LogP contribution is -2.43. The van der Waals surface area contributed by atoms with Gasteiger partial charge in [0.25, 0.3) is 5.91 Å². The molecule has 1 fully saturated rings. The SMILES string of the molecule is CCC1(c2ccc(OC)c(OC)c2)NC(=O)N(C)C1=O. The summed E-state index contributed by atoms with van der Waals surface area (Å²) in [5.41, 5.74) is -0.355. The zero-order chi connectivity index (χ0) is 14.9. The van der Waals surface area contributed by atoms with E-state index in [1.54, 1.807) is 25.3 Å². The summed E-state index contributed by atoms with van der Waals surface area (Å²) in [6, 6.07) is 4.82. The van der Waals surface area contributed by atoms with Gasteiger partial charge in [-0.3, -0.25) is 9.69 Å². The lowest BCUT2D eigenvalue weighted by atomic mass is 9.87. The van der Waals surface area contributed by atoms with E-state index in [0.717, 1.165) is 4.90 Å². The van der Waals surface area contributed by atoms with Gasteiger partial charge < -0.3 is 14.8 Å². The Kier molecular flexibility index (Phi) is 3.57. The number of hydrogen-bond acceptors (Lipinski definition) is 4. The fourth-order valence-corrected chi connectivity index (χ4v) is 2.44. The van der Waals surface area contributed by atoms with Crippen LogP contribution in [0.4, 0.5) is 4.79 Å². The number of rotatable bonds is 4. The molecule has 1 aromatic carbocycles. The largest absolute Gasteiger partial charge is 0.493 e. The van der Waals surface area contributed by atoms with Gasteiger partial charge >= 0.3 is 6.03 Å². The second-order valence-corrected chi connectivity index (χ2v) is 4.62. The molecule has 1 aliphatic rings. The van der Waals surface area contributed by atoms with E-state index in [1.807, 2.05) is 6.92 Å². The summed E-state index contributed by atoms with van der Waals surface area (Å²) >= 11 is 0. The smallest absolute Gasteiger partial charge is 0.325 e. The van der Waals surface area contributed by atoms with Crippen LogP contribution in [0.1, 0.15) is 18.9 Å². The van der Waals surface area contributed by atoms with Gasteiger partial charge in [0.15, 0.2) is 11.5 Å². The molecule has 6 heteroatoms. The van der Waals surface area contributed by atoms with E-state index in [-0.39, 0.29) is 5.91 Å². The highest BCUT2D eigenvalue weighted by Gasteiger charge is 2.49. The Morgan fingerprint density at radius 1 is 1.20 bits per heavy atom. The second kappa shape index (κ2) is 5.03. The molecule has 0 spiro atoms. The molecule has 1 aliphatic heterocycles. The normalized spacial score (nSPS) is 21.9. The van der Waals surface area contributed by atoms with Gasteiger partial charge in [-0.15, -0.1) is 0 Å². The topological polar surface area (TPSA) is 67.9 Å². The Morgan fingerprint density at radius 3 is 2.30 bits per heavy atom. The maximum Gasteiger partial charge on any atom is 0.325 e. The van der Waals surface area contributed by atoms with Crippen molar-refractivity contribution in [1.29, 1.82) is 0 Å². The van der Waals surface area contributed by atoms with Crippen molar-refractivity contribution < 1.29 is 19.1 Å². The number of likely N-dealkylation sites (N-methyl/N-ethyl adjacent to an activating group) is 1. The van der Waals surface area contributed by atoms with Crippen LogP contribution >= 0.6 is 0 Å². The van der Waals surface area contributed by atoms with Crippen LogP contribution in [0, 0.1) is 0 Å². The number of benzene rings is 1. The van der Waals surface area contributed by atoms with Crippen molar-refractivity contribution >= 4 is 11.9 Å². The van der Waals surface area contributed by atoms with E-state index in [9.17, 15) is 9.59 Å². The first-order valence-corrected chi connectivity index (χ1v) is 6.33. The van der Waals surface area contributed by atoms with Gasteiger partial charge in [0.2, 0.25) is 0 Å². The highest BCUT2D eigenvalue weighted by Crippen LogP contribution is 2.36. The number of hydrogen-bond donors (Lipinski definition) is 1. The highest BCUT2D eigenvalue weighted by molar-refractivity contribution is 6.07. The molecule has 6 nitrogen and oxygen atoms in total. The van der Waals surface area contributed by atoms with Gasteiger partial charge in [-0.1, -0.05) is 13.0 Å². The van der Waals surface area contributed by atoms with E-state index >= 15 is 0 Å². The summed E-state index contributed by atoms with van der Waals surface area (Å²) in [6.45, 7) is 1.86. The first kappa shape index (κ1) is 14.2. The van der Waals surface area contributed by atoms with Crippen LogP contribution < -0.4 is 14.8 Å². The van der Waals surface area contributed by atoms with Crippen LogP contribution in [-0.2, 0) is 10.3 Å². The van der Waals surface area contributed by atoms with Crippen molar-refractivity contribution in [3.05, 3.63) is 23.8 Å². The van der Waals surface area contributed by atoms with Crippen molar-refractivity contribution in [2.24, 2.45) is 0 Å². The summed E-state index contributed by atoms with van der Waals surface area (Å²) in [7, 11) is 4.54. The molecule has 1 aromatic rings. The van der Waals surface area contributed by atoms with Crippen LogP contribution in [0.15, 0.2) is 18.2 Å². The maximum absolute atomic E-state index is 12.4. The molecule has 1 unspecified atom stereocenters. The van der Waals surface area contributed by atoms with Gasteiger partial charge in [0.1, 0.15) is 5.54 Å². The minimum absolute atomic E-state index is 0.266. The van der Waals surface area contributed by atoms with Gasteiger partial charge in [0.05, 0.1) is 14.2 Å². The number of methoxy groups -OCH3 is 2. The minimum Gasteiger partial charge on any atom is -0.493 e. The number of ether oxygens (including phenoxy) is 2. The van der Waals surface area contributed by atoms with Crippen LogP contribution in [0.3, 0.4) is 0 Å². The number of amides is 3. The van der Waals surface area contributed by atoms with Crippen LogP contribution in [-0.4, -0.2) is 38.1 Å². The fourth-order valence-electron chi connectivity index (χ4n) is 2.44. The summed E-state index contributed by atoms with van der Waals surface area (Å²) < 4.78 is 10.4. The molecular weight excluding hydrogens is 260 g/mol. The predicted molar refractivity (Wildman–Crippen MR) is 72.8 cm³/mol. The number of urea groups is 1. The average molecular weight is 278 g/mol. The van der Waals surface area contributed by atoms with Gasteiger partial charge in [-0.25, -0.2) is 4.79 Å². The lowest BCUT2D eigenvalue weighted by Gasteiger charge is -2.26. The molecule has 108 valence electrons. The second-order valence-electron chi connectivity index (χ2n) is 4.62. The van der Waals surface area contributed by atoms with Crippen molar-refractivity contribution in [1.82, 2.24) is 10.2 Å². The van der Waals surface area contributed by atoms with Crippen molar-refractivity contribution in [2.75, 3.05) is 21.3 Å². The Bertz CT molecular complexity index is 558. The standard InChI is InChI=1S/C14H18N2O4/c1-5-14(12(17)16(2)13(18)15-14)9-6-7-10(19-3)11(8-9)20-4/h6-8H,5H2,1-4H3,(H,15,18). The molecule has 1 atom stereocenters. The number of nitrogens with zero attached hydrogens (tertiary/aromatic N) is 1. The zero-order valence-electron chi connectivity index (χ0n) is 12.0. The van der Waals surface area contributed by atoms with E-state index in [1.165, 1.54) is 14.2 Å². The third-order valence-electron chi connectivity index (χ3n) is 3.70. The number of carbonyl (C=O) groups is 2. The molecule has 1 N–H and O–H groups in total. The molecule has 0 aromatic heterocycles. The monoisotopic (exact) mass is 278 g/mol. The Hall–Kier alpha value is -2.24. The Morgan fingerprint density at radius 2 is 1.85 bits per heavy atom. The van der Waals surface area contributed by atoms with Gasteiger partial charge in [0, 0.05) is 7.05 Å². The lowest BCUT2D eigenvalue weighted by molar-refractivity contribution is -0.130. The van der Waals surface area contributed by atoms with Crippen molar-refractivity contribution in [3.8, 4) is 11.5 Å². The first-order valence-electron chi connectivity index (χ1n) is 6.33. The van der Waals surface area contributed by atoms with E-state index < -0.39 is 11.6 Å². The maximum atomic E-state index is 12.4. The van der Waals surface area contributed by atoms with Crippen molar-refractivity contribution in [3.63, 3.8) is 0 Å². The molecule has 1 heterocycles. The zero-order valence-corrected chi connectivity index (χ0v) is 12.0. The summed E-state index contributed by atoms with van der Waals surface area (Å²) in [5.74, 6) is 0.833. The average Bonchev–Trinajstić information content (AvgIpc) is 2.71. The molecule has 1 saturated heterocycles. The molecule has 0 radical (unpaired) electrons.